The van der Waals surface area contributed by atoms with Crippen LogP contribution in [-0.2, 0) is 17.6 Å². The van der Waals surface area contributed by atoms with Crippen molar-refractivity contribution in [1.29, 1.82) is 0 Å². The van der Waals surface area contributed by atoms with E-state index in [4.69, 9.17) is 14.2 Å². The first-order valence-electron chi connectivity index (χ1n) is 8.58. The average Bonchev–Trinajstić information content (AvgIpc) is 2.66. The van der Waals surface area contributed by atoms with Gasteiger partial charge < -0.3 is 29.2 Å². The number of ketones is 1. The Labute approximate surface area is 156 Å². The van der Waals surface area contributed by atoms with E-state index >= 15 is 0 Å². The quantitative estimate of drug-likeness (QED) is 0.731. The van der Waals surface area contributed by atoms with E-state index in [1.54, 1.807) is 18.2 Å². The second-order valence-electron chi connectivity index (χ2n) is 6.07. The number of aryl methyl sites for hydroxylation is 1. The lowest BCUT2D eigenvalue weighted by Gasteiger charge is -2.19. The van der Waals surface area contributed by atoms with Gasteiger partial charge in [-0.15, -0.1) is 0 Å². The van der Waals surface area contributed by atoms with Crippen LogP contribution in [-0.4, -0.2) is 36.7 Å². The van der Waals surface area contributed by atoms with Crippen LogP contribution in [0.5, 0.6) is 23.0 Å². The molecule has 0 aliphatic carbocycles. The fourth-order valence-electron chi connectivity index (χ4n) is 2.86. The van der Waals surface area contributed by atoms with Gasteiger partial charge in [-0.1, -0.05) is 13.0 Å². The van der Waals surface area contributed by atoms with Crippen LogP contribution in [0, 0.1) is 0 Å². The van der Waals surface area contributed by atoms with E-state index in [0.717, 1.165) is 5.56 Å². The van der Waals surface area contributed by atoms with E-state index in [2.05, 4.69) is 0 Å². The zero-order valence-electron chi connectivity index (χ0n) is 14.8. The topological polar surface area (TPSA) is 105 Å². The van der Waals surface area contributed by atoms with E-state index in [0.29, 0.717) is 36.7 Å². The zero-order valence-corrected chi connectivity index (χ0v) is 14.8. The van der Waals surface area contributed by atoms with Gasteiger partial charge in [0.25, 0.3) is 0 Å². The highest BCUT2D eigenvalue weighted by atomic mass is 16.6. The van der Waals surface area contributed by atoms with Crippen LogP contribution >= 0.6 is 0 Å². The predicted octanol–water partition coefficient (Wildman–Crippen LogP) is 1.28. The third-order valence-electron chi connectivity index (χ3n) is 4.18. The number of aliphatic carboxylic acids is 1. The number of aromatic hydroxyl groups is 1. The minimum Gasteiger partial charge on any atom is -0.546 e. The molecule has 142 valence electrons. The molecule has 27 heavy (non-hydrogen) atoms. The predicted molar refractivity (Wildman–Crippen MR) is 93.5 cm³/mol. The molecule has 0 unspecified atom stereocenters. The molecule has 1 N–H and O–H groups in total. The van der Waals surface area contributed by atoms with Gasteiger partial charge in [-0.05, 0) is 35.7 Å². The van der Waals surface area contributed by atoms with Crippen LogP contribution in [0.2, 0.25) is 0 Å². The van der Waals surface area contributed by atoms with Crippen molar-refractivity contribution < 1.29 is 34.0 Å². The molecule has 1 aliphatic rings. The summed E-state index contributed by atoms with van der Waals surface area (Å²) >= 11 is 0. The molecule has 0 atom stereocenters. The van der Waals surface area contributed by atoms with Gasteiger partial charge in [-0.25, -0.2) is 0 Å². The van der Waals surface area contributed by atoms with Crippen molar-refractivity contribution in [3.8, 4) is 23.0 Å². The van der Waals surface area contributed by atoms with E-state index in [-0.39, 0.29) is 29.3 Å². The lowest BCUT2D eigenvalue weighted by atomic mass is 9.98. The molecule has 0 bridgehead atoms. The molecule has 0 saturated heterocycles. The van der Waals surface area contributed by atoms with Crippen LogP contribution in [0.25, 0.3) is 0 Å². The van der Waals surface area contributed by atoms with Crippen LogP contribution < -0.4 is 19.3 Å². The van der Waals surface area contributed by atoms with Gasteiger partial charge in [0.15, 0.2) is 17.3 Å². The molecule has 1 heterocycles. The van der Waals surface area contributed by atoms with Crippen molar-refractivity contribution in [2.24, 2.45) is 0 Å². The van der Waals surface area contributed by atoms with Crippen molar-refractivity contribution in [2.45, 2.75) is 19.8 Å². The molecule has 2 aromatic carbocycles. The summed E-state index contributed by atoms with van der Waals surface area (Å²) in [6.45, 7) is 2.16. The maximum Gasteiger partial charge on any atom is 0.170 e. The maximum absolute atomic E-state index is 12.7. The van der Waals surface area contributed by atoms with Gasteiger partial charge in [0.2, 0.25) is 0 Å². The Kier molecular flexibility index (Phi) is 5.49. The van der Waals surface area contributed by atoms with Crippen molar-refractivity contribution in [1.82, 2.24) is 0 Å². The van der Waals surface area contributed by atoms with Crippen LogP contribution in [0.4, 0.5) is 0 Å². The second-order valence-corrected chi connectivity index (χ2v) is 6.07. The molecule has 0 aromatic heterocycles. The van der Waals surface area contributed by atoms with Gasteiger partial charge in [0, 0.05) is 12.5 Å². The number of hydrogen-bond donors (Lipinski definition) is 1. The van der Waals surface area contributed by atoms with Crippen LogP contribution in [0.15, 0.2) is 30.3 Å². The third-order valence-corrected chi connectivity index (χ3v) is 4.18. The molecule has 1 aliphatic heterocycles. The fraction of sp³-hybridized carbons (Fsp3) is 0.300. The minimum absolute atomic E-state index is 0.0760. The summed E-state index contributed by atoms with van der Waals surface area (Å²) in [5.41, 5.74) is 1.51. The molecule has 0 spiro atoms. The Hall–Kier alpha value is -3.22. The lowest BCUT2D eigenvalue weighted by Crippen LogP contribution is -2.29. The number of ether oxygens (including phenoxy) is 3. The highest BCUT2D eigenvalue weighted by Gasteiger charge is 2.18. The Morgan fingerprint density at radius 2 is 1.89 bits per heavy atom. The lowest BCUT2D eigenvalue weighted by molar-refractivity contribution is -0.307. The molecule has 0 fully saturated rings. The number of benzene rings is 2. The number of carboxylic acid groups (broad SMARTS) is 1. The second kappa shape index (κ2) is 7.99. The summed E-state index contributed by atoms with van der Waals surface area (Å²) in [4.78, 5) is 23.2. The Morgan fingerprint density at radius 3 is 2.59 bits per heavy atom. The van der Waals surface area contributed by atoms with Gasteiger partial charge in [-0.2, -0.15) is 0 Å². The van der Waals surface area contributed by atoms with Gasteiger partial charge in [0.1, 0.15) is 31.3 Å². The zero-order chi connectivity index (χ0) is 19.4. The summed E-state index contributed by atoms with van der Waals surface area (Å²) in [5.74, 6) is -0.446. The molecular formula is C20H19O7-. The van der Waals surface area contributed by atoms with Crippen molar-refractivity contribution >= 4 is 11.8 Å². The monoisotopic (exact) mass is 371 g/mol. The molecule has 7 heteroatoms. The molecule has 2 aromatic rings. The third kappa shape index (κ3) is 4.31. The summed E-state index contributed by atoms with van der Waals surface area (Å²) in [7, 11) is 0. The Balaban J connectivity index is 1.80. The normalized spacial score (nSPS) is 12.5. The first kappa shape index (κ1) is 18.6. The number of carboxylic acids is 1. The number of Topliss-reactive ketones (excluding diaryl/α,β-unsaturated/α-hetero) is 1. The first-order valence-corrected chi connectivity index (χ1v) is 8.58. The number of carbonyl (C=O) groups excluding carboxylic acids is 2. The van der Waals surface area contributed by atoms with Crippen molar-refractivity contribution in [2.75, 3.05) is 19.8 Å². The number of fused-ring (bicyclic) bond motifs is 1. The van der Waals surface area contributed by atoms with E-state index in [9.17, 15) is 19.8 Å². The largest absolute Gasteiger partial charge is 0.546 e. The molecule has 7 nitrogen and oxygen atoms in total. The maximum atomic E-state index is 12.7. The SMILES string of the molecule is CCc1cc(C(=O)Cc2ccc3c(c2)OCCO3)c(O)cc1OCC(=O)[O-]. The smallest absolute Gasteiger partial charge is 0.170 e. The number of rotatable bonds is 7. The average molecular weight is 371 g/mol. The van der Waals surface area contributed by atoms with E-state index in [1.165, 1.54) is 12.1 Å². The summed E-state index contributed by atoms with van der Waals surface area (Å²) in [6.07, 6.45) is 0.583. The molecular weight excluding hydrogens is 352 g/mol. The number of hydrogen-bond acceptors (Lipinski definition) is 7. The summed E-state index contributed by atoms with van der Waals surface area (Å²) in [5, 5.41) is 20.8. The Bertz CT molecular complexity index is 873. The van der Waals surface area contributed by atoms with E-state index in [1.807, 2.05) is 6.92 Å². The van der Waals surface area contributed by atoms with Crippen molar-refractivity contribution in [3.63, 3.8) is 0 Å². The molecule has 0 amide bonds. The molecule has 0 saturated carbocycles. The van der Waals surface area contributed by atoms with Crippen molar-refractivity contribution in [3.05, 3.63) is 47.0 Å². The summed E-state index contributed by atoms with van der Waals surface area (Å²) < 4.78 is 16.1. The Morgan fingerprint density at radius 1 is 1.15 bits per heavy atom. The van der Waals surface area contributed by atoms with Crippen LogP contribution in [0.3, 0.4) is 0 Å². The van der Waals surface area contributed by atoms with Crippen LogP contribution in [0.1, 0.15) is 28.4 Å². The standard InChI is InChI=1S/C20H20O7/c1-2-13-9-14(16(22)10-18(13)27-11-20(23)24)15(21)7-12-3-4-17-19(8-12)26-6-5-25-17/h3-4,8-10,22H,2,5-7,11H2,1H3,(H,23,24)/p-1. The number of phenols is 1. The van der Waals surface area contributed by atoms with Gasteiger partial charge in [-0.3, -0.25) is 4.79 Å². The minimum atomic E-state index is -1.37. The van der Waals surface area contributed by atoms with E-state index < -0.39 is 12.6 Å². The number of carbonyl (C=O) groups is 2. The first-order chi connectivity index (χ1) is 13.0. The highest BCUT2D eigenvalue weighted by molar-refractivity contribution is 6.00. The van der Waals surface area contributed by atoms with Gasteiger partial charge >= 0.3 is 0 Å². The fourth-order valence-corrected chi connectivity index (χ4v) is 2.86. The molecule has 0 radical (unpaired) electrons. The number of phenolic OH excluding ortho intramolecular Hbond substituents is 1. The highest BCUT2D eigenvalue weighted by Crippen LogP contribution is 2.33. The summed E-state index contributed by atoms with van der Waals surface area (Å²) in [6, 6.07) is 8.08. The molecule has 3 rings (SSSR count). The van der Waals surface area contributed by atoms with Gasteiger partial charge in [0.05, 0.1) is 11.5 Å².